The van der Waals surface area contributed by atoms with Gasteiger partial charge >= 0.3 is 0 Å². The van der Waals surface area contributed by atoms with E-state index in [0.29, 0.717) is 42.8 Å². The van der Waals surface area contributed by atoms with Crippen LogP contribution in [0.1, 0.15) is 75.2 Å². The van der Waals surface area contributed by atoms with Crippen molar-refractivity contribution in [3.05, 3.63) is 65.0 Å². The van der Waals surface area contributed by atoms with Crippen LogP contribution in [0.15, 0.2) is 42.6 Å². The molecule has 8 heteroatoms. The number of nitrogens with zero attached hydrogens (tertiary/aromatic N) is 3. The van der Waals surface area contributed by atoms with Crippen LogP contribution in [0.5, 0.6) is 0 Å². The smallest absolute Gasteiger partial charge is 0.272 e. The average Bonchev–Trinajstić information content (AvgIpc) is 3.04. The topological polar surface area (TPSA) is 99.7 Å². The lowest BCUT2D eigenvalue weighted by Crippen LogP contribution is -2.46. The fourth-order valence-electron chi connectivity index (χ4n) is 4.14. The summed E-state index contributed by atoms with van der Waals surface area (Å²) in [4.78, 5) is 57.8. The molecule has 1 fully saturated rings. The molecular formula is C24H26N4O4. The lowest BCUT2D eigenvalue weighted by Gasteiger charge is -2.32. The SMILES string of the molecule is CC(C)(C)N1C(=O)c2ccc(C(=O)NC3CCN(C(=O)c4ccccn4)CC3)cc2C1=O. The van der Waals surface area contributed by atoms with Gasteiger partial charge in [0.05, 0.1) is 11.1 Å². The predicted molar refractivity (Wildman–Crippen MR) is 117 cm³/mol. The highest BCUT2D eigenvalue weighted by molar-refractivity contribution is 6.22. The van der Waals surface area contributed by atoms with Gasteiger partial charge in [0.15, 0.2) is 0 Å². The molecule has 3 heterocycles. The molecule has 0 spiro atoms. The van der Waals surface area contributed by atoms with Crippen molar-refractivity contribution in [2.24, 2.45) is 0 Å². The molecule has 4 rings (SSSR count). The molecular weight excluding hydrogens is 408 g/mol. The first kappa shape index (κ1) is 21.7. The Kier molecular flexibility index (Phi) is 5.54. The molecule has 32 heavy (non-hydrogen) atoms. The highest BCUT2D eigenvalue weighted by Crippen LogP contribution is 2.30. The van der Waals surface area contributed by atoms with Crippen molar-refractivity contribution in [1.82, 2.24) is 20.1 Å². The van der Waals surface area contributed by atoms with Gasteiger partial charge in [-0.3, -0.25) is 29.1 Å². The van der Waals surface area contributed by atoms with Gasteiger partial charge in [0.25, 0.3) is 23.6 Å². The fourth-order valence-corrected chi connectivity index (χ4v) is 4.14. The number of piperidine rings is 1. The van der Waals surface area contributed by atoms with E-state index in [1.165, 1.54) is 11.0 Å². The Labute approximate surface area is 186 Å². The van der Waals surface area contributed by atoms with Crippen LogP contribution in [0.25, 0.3) is 0 Å². The number of pyridine rings is 1. The summed E-state index contributed by atoms with van der Waals surface area (Å²) in [5.41, 5.74) is 0.691. The van der Waals surface area contributed by atoms with E-state index in [1.54, 1.807) is 62.2 Å². The number of nitrogens with one attached hydrogen (secondary N) is 1. The maximum Gasteiger partial charge on any atom is 0.272 e. The van der Waals surface area contributed by atoms with Gasteiger partial charge in [-0.05, 0) is 63.9 Å². The molecule has 0 unspecified atom stereocenters. The molecule has 1 aromatic carbocycles. The number of fused-ring (bicyclic) bond motifs is 1. The molecule has 166 valence electrons. The minimum absolute atomic E-state index is 0.0769. The minimum Gasteiger partial charge on any atom is -0.349 e. The average molecular weight is 434 g/mol. The lowest BCUT2D eigenvalue weighted by atomic mass is 10.0. The number of carbonyl (C=O) groups is 4. The van der Waals surface area contributed by atoms with E-state index in [4.69, 9.17) is 0 Å². The van der Waals surface area contributed by atoms with E-state index in [0.717, 1.165) is 0 Å². The first-order valence-electron chi connectivity index (χ1n) is 10.7. The van der Waals surface area contributed by atoms with Crippen molar-refractivity contribution in [2.75, 3.05) is 13.1 Å². The molecule has 0 radical (unpaired) electrons. The normalized spacial score (nSPS) is 16.8. The minimum atomic E-state index is -0.643. The summed E-state index contributed by atoms with van der Waals surface area (Å²) in [5.74, 6) is -1.12. The summed E-state index contributed by atoms with van der Waals surface area (Å²) >= 11 is 0. The number of rotatable bonds is 3. The van der Waals surface area contributed by atoms with Gasteiger partial charge in [-0.1, -0.05) is 6.07 Å². The summed E-state index contributed by atoms with van der Waals surface area (Å²) in [7, 11) is 0. The van der Waals surface area contributed by atoms with Crippen LogP contribution < -0.4 is 5.32 Å². The van der Waals surface area contributed by atoms with Crippen LogP contribution in [-0.2, 0) is 0 Å². The Bertz CT molecular complexity index is 1080. The van der Waals surface area contributed by atoms with E-state index in [-0.39, 0.29) is 35.2 Å². The highest BCUT2D eigenvalue weighted by atomic mass is 16.2. The fraction of sp³-hybridized carbons (Fsp3) is 0.375. The van der Waals surface area contributed by atoms with Crippen molar-refractivity contribution in [1.29, 1.82) is 0 Å². The number of carbonyl (C=O) groups excluding carboxylic acids is 4. The lowest BCUT2D eigenvalue weighted by molar-refractivity contribution is 0.0507. The molecule has 0 atom stereocenters. The zero-order valence-electron chi connectivity index (χ0n) is 18.4. The van der Waals surface area contributed by atoms with Crippen molar-refractivity contribution in [3.8, 4) is 0 Å². The second-order valence-corrected chi connectivity index (χ2v) is 9.13. The maximum absolute atomic E-state index is 12.8. The van der Waals surface area contributed by atoms with Gasteiger partial charge in [-0.25, -0.2) is 0 Å². The van der Waals surface area contributed by atoms with Gasteiger partial charge in [0.1, 0.15) is 5.69 Å². The summed E-state index contributed by atoms with van der Waals surface area (Å²) < 4.78 is 0. The summed E-state index contributed by atoms with van der Waals surface area (Å²) in [6.07, 6.45) is 2.85. The van der Waals surface area contributed by atoms with E-state index >= 15 is 0 Å². The summed E-state index contributed by atoms with van der Waals surface area (Å²) in [6.45, 7) is 6.45. The third kappa shape index (κ3) is 4.00. The predicted octanol–water partition coefficient (Wildman–Crippen LogP) is 2.51. The summed E-state index contributed by atoms with van der Waals surface area (Å²) in [5, 5.41) is 2.99. The molecule has 1 saturated heterocycles. The molecule has 8 nitrogen and oxygen atoms in total. The Morgan fingerprint density at radius 3 is 2.31 bits per heavy atom. The monoisotopic (exact) mass is 434 g/mol. The molecule has 0 aliphatic carbocycles. The van der Waals surface area contributed by atoms with Gasteiger partial charge in [0, 0.05) is 36.4 Å². The van der Waals surface area contributed by atoms with Crippen molar-refractivity contribution >= 4 is 23.6 Å². The molecule has 1 N–H and O–H groups in total. The number of likely N-dealkylation sites (tertiary alicyclic amines) is 1. The van der Waals surface area contributed by atoms with E-state index in [2.05, 4.69) is 10.3 Å². The number of imide groups is 1. The largest absolute Gasteiger partial charge is 0.349 e. The first-order chi connectivity index (χ1) is 15.2. The Hall–Kier alpha value is -3.55. The van der Waals surface area contributed by atoms with E-state index in [1.807, 2.05) is 0 Å². The number of hydrogen-bond acceptors (Lipinski definition) is 5. The van der Waals surface area contributed by atoms with Crippen LogP contribution in [0.4, 0.5) is 0 Å². The summed E-state index contributed by atoms with van der Waals surface area (Å²) in [6, 6.07) is 9.78. The third-order valence-corrected chi connectivity index (χ3v) is 5.82. The standard InChI is InChI=1S/C24H26N4O4/c1-24(2,3)28-21(30)17-8-7-15(14-18(17)22(28)31)20(29)26-16-9-12-27(13-10-16)23(32)19-6-4-5-11-25-19/h4-8,11,14,16H,9-10,12-13H2,1-3H3,(H,26,29). The zero-order chi connectivity index (χ0) is 23.0. The van der Waals surface area contributed by atoms with Crippen LogP contribution in [0.2, 0.25) is 0 Å². The number of aromatic nitrogens is 1. The number of benzene rings is 1. The molecule has 2 aromatic rings. The molecule has 0 bridgehead atoms. The molecule has 0 saturated carbocycles. The van der Waals surface area contributed by atoms with E-state index < -0.39 is 5.54 Å². The van der Waals surface area contributed by atoms with Gasteiger partial charge < -0.3 is 10.2 Å². The maximum atomic E-state index is 12.8. The van der Waals surface area contributed by atoms with Crippen LogP contribution in [-0.4, -0.2) is 63.1 Å². The van der Waals surface area contributed by atoms with Crippen LogP contribution in [0.3, 0.4) is 0 Å². The van der Waals surface area contributed by atoms with Gasteiger partial charge in [-0.15, -0.1) is 0 Å². The van der Waals surface area contributed by atoms with Crippen LogP contribution in [0, 0.1) is 0 Å². The quantitative estimate of drug-likeness (QED) is 0.749. The zero-order valence-corrected chi connectivity index (χ0v) is 18.4. The van der Waals surface area contributed by atoms with Crippen molar-refractivity contribution in [3.63, 3.8) is 0 Å². The molecule has 2 aliphatic rings. The molecule has 4 amide bonds. The number of amides is 4. The third-order valence-electron chi connectivity index (χ3n) is 5.82. The van der Waals surface area contributed by atoms with Crippen molar-refractivity contribution < 1.29 is 19.2 Å². The Morgan fingerprint density at radius 1 is 1.00 bits per heavy atom. The highest BCUT2D eigenvalue weighted by Gasteiger charge is 2.42. The van der Waals surface area contributed by atoms with Gasteiger partial charge in [0.2, 0.25) is 0 Å². The Morgan fingerprint density at radius 2 is 1.69 bits per heavy atom. The van der Waals surface area contributed by atoms with Crippen LogP contribution >= 0.6 is 0 Å². The number of hydrogen-bond donors (Lipinski definition) is 1. The first-order valence-corrected chi connectivity index (χ1v) is 10.7. The second-order valence-electron chi connectivity index (χ2n) is 9.13. The second kappa shape index (κ2) is 8.18. The van der Waals surface area contributed by atoms with Crippen molar-refractivity contribution in [2.45, 2.75) is 45.2 Å². The Balaban J connectivity index is 1.39. The van der Waals surface area contributed by atoms with E-state index in [9.17, 15) is 19.2 Å². The molecule has 1 aromatic heterocycles. The molecule has 2 aliphatic heterocycles. The van der Waals surface area contributed by atoms with Gasteiger partial charge in [-0.2, -0.15) is 0 Å².